The van der Waals surface area contributed by atoms with Gasteiger partial charge in [0.25, 0.3) is 0 Å². The van der Waals surface area contributed by atoms with Crippen LogP contribution in [-0.4, -0.2) is 9.85 Å². The molecule has 0 saturated carbocycles. The first-order valence-corrected chi connectivity index (χ1v) is 6.07. The van der Waals surface area contributed by atoms with Crippen molar-refractivity contribution < 1.29 is 14.6 Å². The lowest BCUT2D eigenvalue weighted by molar-refractivity contribution is -0.387. The second-order valence-electron chi connectivity index (χ2n) is 4.46. The van der Waals surface area contributed by atoms with E-state index in [-0.39, 0.29) is 22.9 Å². The van der Waals surface area contributed by atoms with Gasteiger partial charge >= 0.3 is 11.4 Å². The summed E-state index contributed by atoms with van der Waals surface area (Å²) in [5.74, 6) is 0.0276. The molecule has 108 valence electrons. The third-order valence-corrected chi connectivity index (χ3v) is 2.98. The van der Waals surface area contributed by atoms with Crippen LogP contribution in [0.4, 0.5) is 11.4 Å². The van der Waals surface area contributed by atoms with Crippen molar-refractivity contribution in [1.29, 1.82) is 0 Å². The number of rotatable bonds is 4. The molecule has 0 heterocycles. The van der Waals surface area contributed by atoms with E-state index >= 15 is 0 Å². The largest absolute Gasteiger partial charge is 0.442 e. The predicted octanol–water partition coefficient (Wildman–Crippen LogP) is 3.91. The van der Waals surface area contributed by atoms with Crippen molar-refractivity contribution in [3.8, 4) is 11.5 Å². The number of nitrogens with zero attached hydrogens (tertiary/aromatic N) is 2. The summed E-state index contributed by atoms with van der Waals surface area (Å²) in [6, 6.07) is 8.96. The highest BCUT2D eigenvalue weighted by Gasteiger charge is 2.23. The highest BCUT2D eigenvalue weighted by Crippen LogP contribution is 2.39. The average molecular weight is 288 g/mol. The number of para-hydroxylation sites is 2. The standard InChI is InChI=1S/C14H12N2O5/c1-9-5-3-7-11(15(17)18)13(9)21-14-10(2)6-4-8-12(14)16(19)20/h3-8H,1-2H3. The van der Waals surface area contributed by atoms with E-state index in [9.17, 15) is 20.2 Å². The number of aryl methyl sites for hydroxylation is 2. The van der Waals surface area contributed by atoms with Gasteiger partial charge in [-0.25, -0.2) is 0 Å². The molecule has 0 saturated heterocycles. The molecule has 0 aromatic heterocycles. The molecule has 7 heteroatoms. The van der Waals surface area contributed by atoms with Gasteiger partial charge in [0.05, 0.1) is 9.85 Å². The third kappa shape index (κ3) is 2.81. The fourth-order valence-electron chi connectivity index (χ4n) is 1.93. The van der Waals surface area contributed by atoms with E-state index in [0.717, 1.165) is 0 Å². The summed E-state index contributed by atoms with van der Waals surface area (Å²) in [4.78, 5) is 21.0. The van der Waals surface area contributed by atoms with Crippen molar-refractivity contribution in [2.24, 2.45) is 0 Å². The molecule has 0 aliphatic carbocycles. The zero-order chi connectivity index (χ0) is 15.6. The number of hydrogen-bond acceptors (Lipinski definition) is 5. The topological polar surface area (TPSA) is 95.5 Å². The molecule has 0 amide bonds. The molecule has 0 N–H and O–H groups in total. The Bertz CT molecular complexity index is 666. The van der Waals surface area contributed by atoms with Crippen LogP contribution < -0.4 is 4.74 Å². The summed E-state index contributed by atoms with van der Waals surface area (Å²) < 4.78 is 5.54. The number of nitro groups is 2. The molecule has 2 rings (SSSR count). The Labute approximate surface area is 120 Å². The summed E-state index contributed by atoms with van der Waals surface area (Å²) >= 11 is 0. The first kappa shape index (κ1) is 14.4. The van der Waals surface area contributed by atoms with E-state index in [2.05, 4.69) is 0 Å². The zero-order valence-corrected chi connectivity index (χ0v) is 11.4. The summed E-state index contributed by atoms with van der Waals surface area (Å²) in [6.45, 7) is 3.29. The van der Waals surface area contributed by atoms with Gasteiger partial charge in [0, 0.05) is 12.1 Å². The second kappa shape index (κ2) is 5.58. The van der Waals surface area contributed by atoms with E-state index < -0.39 is 9.85 Å². The van der Waals surface area contributed by atoms with Gasteiger partial charge in [-0.1, -0.05) is 24.3 Å². The molecule has 0 unspecified atom stereocenters. The van der Waals surface area contributed by atoms with Crippen LogP contribution in [-0.2, 0) is 0 Å². The lowest BCUT2D eigenvalue weighted by Gasteiger charge is -2.11. The van der Waals surface area contributed by atoms with Crippen LogP contribution in [0.25, 0.3) is 0 Å². The van der Waals surface area contributed by atoms with Crippen LogP contribution in [0.1, 0.15) is 11.1 Å². The van der Waals surface area contributed by atoms with Gasteiger partial charge in [0.2, 0.25) is 11.5 Å². The minimum atomic E-state index is -0.577. The number of benzene rings is 2. The number of nitro benzene ring substituents is 2. The van der Waals surface area contributed by atoms with Crippen molar-refractivity contribution in [2.75, 3.05) is 0 Å². The molecule has 2 aromatic carbocycles. The van der Waals surface area contributed by atoms with Gasteiger partial charge in [0.1, 0.15) is 0 Å². The Hall–Kier alpha value is -2.96. The minimum absolute atomic E-state index is 0.0138. The van der Waals surface area contributed by atoms with E-state index in [4.69, 9.17) is 4.74 Å². The Morgan fingerprint density at radius 2 is 1.19 bits per heavy atom. The van der Waals surface area contributed by atoms with Crippen LogP contribution in [0.3, 0.4) is 0 Å². The first-order chi connectivity index (χ1) is 9.91. The number of ether oxygens (including phenoxy) is 1. The Kier molecular flexibility index (Phi) is 3.84. The predicted molar refractivity (Wildman–Crippen MR) is 75.7 cm³/mol. The summed E-state index contributed by atoms with van der Waals surface area (Å²) in [7, 11) is 0. The van der Waals surface area contributed by atoms with Crippen LogP contribution in [0.2, 0.25) is 0 Å². The lowest BCUT2D eigenvalue weighted by atomic mass is 10.1. The Balaban J connectivity index is 2.59. The molecule has 21 heavy (non-hydrogen) atoms. The summed E-state index contributed by atoms with van der Waals surface area (Å²) in [5.41, 5.74) is 0.601. The molecule has 2 aromatic rings. The van der Waals surface area contributed by atoms with Crippen molar-refractivity contribution in [3.63, 3.8) is 0 Å². The molecular weight excluding hydrogens is 276 g/mol. The summed E-state index contributed by atoms with van der Waals surface area (Å²) in [6.07, 6.45) is 0. The molecule has 0 fully saturated rings. The first-order valence-electron chi connectivity index (χ1n) is 6.07. The fourth-order valence-corrected chi connectivity index (χ4v) is 1.93. The van der Waals surface area contributed by atoms with Crippen LogP contribution in [0.15, 0.2) is 36.4 Å². The smallest absolute Gasteiger partial charge is 0.311 e. The van der Waals surface area contributed by atoms with Crippen molar-refractivity contribution in [3.05, 3.63) is 67.8 Å². The van der Waals surface area contributed by atoms with Gasteiger partial charge in [0.15, 0.2) is 0 Å². The van der Waals surface area contributed by atoms with Crippen LogP contribution in [0, 0.1) is 34.1 Å². The maximum Gasteiger partial charge on any atom is 0.311 e. The second-order valence-corrected chi connectivity index (χ2v) is 4.46. The van der Waals surface area contributed by atoms with Gasteiger partial charge in [-0.3, -0.25) is 20.2 Å². The molecule has 0 aliphatic rings. The van der Waals surface area contributed by atoms with Gasteiger partial charge in [-0.05, 0) is 25.0 Å². The Morgan fingerprint density at radius 1 is 0.810 bits per heavy atom. The minimum Gasteiger partial charge on any atom is -0.442 e. The molecule has 0 spiro atoms. The van der Waals surface area contributed by atoms with Crippen molar-refractivity contribution in [2.45, 2.75) is 13.8 Å². The van der Waals surface area contributed by atoms with Crippen LogP contribution >= 0.6 is 0 Å². The molecule has 0 aliphatic heterocycles. The highest BCUT2D eigenvalue weighted by atomic mass is 16.6. The van der Waals surface area contributed by atoms with Crippen molar-refractivity contribution in [1.82, 2.24) is 0 Å². The molecule has 7 nitrogen and oxygen atoms in total. The molecule has 0 bridgehead atoms. The maximum atomic E-state index is 11.1. The van der Waals surface area contributed by atoms with E-state index in [0.29, 0.717) is 11.1 Å². The van der Waals surface area contributed by atoms with Crippen LogP contribution in [0.5, 0.6) is 11.5 Å². The van der Waals surface area contributed by atoms with E-state index in [1.807, 2.05) is 0 Å². The zero-order valence-electron chi connectivity index (χ0n) is 11.4. The SMILES string of the molecule is Cc1cccc([N+](=O)[O-])c1Oc1c(C)cccc1[N+](=O)[O-]. The van der Waals surface area contributed by atoms with Gasteiger partial charge < -0.3 is 4.74 Å². The lowest BCUT2D eigenvalue weighted by Crippen LogP contribution is -1.99. The molecule has 0 radical (unpaired) electrons. The maximum absolute atomic E-state index is 11.1. The monoisotopic (exact) mass is 288 g/mol. The normalized spacial score (nSPS) is 10.2. The fraction of sp³-hybridized carbons (Fsp3) is 0.143. The van der Waals surface area contributed by atoms with Crippen molar-refractivity contribution >= 4 is 11.4 Å². The quantitative estimate of drug-likeness (QED) is 0.627. The number of hydrogen-bond donors (Lipinski definition) is 0. The van der Waals surface area contributed by atoms with Gasteiger partial charge in [-0.2, -0.15) is 0 Å². The molecular formula is C14H12N2O5. The van der Waals surface area contributed by atoms with Gasteiger partial charge in [-0.15, -0.1) is 0 Å². The Morgan fingerprint density at radius 3 is 1.52 bits per heavy atom. The average Bonchev–Trinajstić information content (AvgIpc) is 2.42. The summed E-state index contributed by atoms with van der Waals surface area (Å²) in [5, 5.41) is 22.1. The van der Waals surface area contributed by atoms with E-state index in [1.54, 1.807) is 26.0 Å². The third-order valence-electron chi connectivity index (χ3n) is 2.98. The highest BCUT2D eigenvalue weighted by molar-refractivity contribution is 5.58. The molecule has 0 atom stereocenters. The van der Waals surface area contributed by atoms with E-state index in [1.165, 1.54) is 24.3 Å².